The van der Waals surface area contributed by atoms with E-state index in [0.717, 1.165) is 12.0 Å². The van der Waals surface area contributed by atoms with Gasteiger partial charge in [-0.1, -0.05) is 45.5 Å². The van der Waals surface area contributed by atoms with Crippen molar-refractivity contribution in [2.45, 2.75) is 45.4 Å². The highest BCUT2D eigenvalue weighted by molar-refractivity contribution is 7.80. The summed E-state index contributed by atoms with van der Waals surface area (Å²) in [5, 5.41) is 0. The van der Waals surface area contributed by atoms with E-state index in [0.29, 0.717) is 12.3 Å². The number of rotatable bonds is 5. The van der Waals surface area contributed by atoms with E-state index in [1.165, 1.54) is 5.56 Å². The highest BCUT2D eigenvalue weighted by Crippen LogP contribution is 2.27. The zero-order valence-electron chi connectivity index (χ0n) is 13.0. The number of halogens is 4. The summed E-state index contributed by atoms with van der Waals surface area (Å²) in [6, 6.07) is 7.65. The molecule has 0 aliphatic heterocycles. The monoisotopic (exact) mass is 358 g/mol. The van der Waals surface area contributed by atoms with E-state index in [-0.39, 0.29) is 13.8 Å². The van der Waals surface area contributed by atoms with Crippen LogP contribution in [0.4, 0.5) is 17.6 Å². The average molecular weight is 358 g/mol. The number of thiol groups is 1. The molecule has 0 aliphatic carbocycles. The van der Waals surface area contributed by atoms with Crippen molar-refractivity contribution in [3.05, 3.63) is 64.2 Å². The quantitative estimate of drug-likeness (QED) is 0.370. The van der Waals surface area contributed by atoms with Crippen LogP contribution in [0.3, 0.4) is 0 Å². The zero-order chi connectivity index (χ0) is 17.1. The number of aryl methyl sites for hydroxylation is 1. The van der Waals surface area contributed by atoms with Gasteiger partial charge in [0.1, 0.15) is 0 Å². The van der Waals surface area contributed by atoms with Crippen molar-refractivity contribution in [1.82, 2.24) is 0 Å². The molecule has 0 saturated heterocycles. The molecule has 0 nitrogen and oxygen atoms in total. The van der Waals surface area contributed by atoms with E-state index in [9.17, 15) is 17.6 Å². The van der Waals surface area contributed by atoms with Crippen LogP contribution < -0.4 is 0 Å². The molecule has 0 spiro atoms. The number of hydrogen-bond acceptors (Lipinski definition) is 1. The van der Waals surface area contributed by atoms with Gasteiger partial charge in [0.05, 0.1) is 4.90 Å². The molecule has 0 atom stereocenters. The first-order chi connectivity index (χ1) is 10.8. The van der Waals surface area contributed by atoms with E-state index >= 15 is 0 Å². The van der Waals surface area contributed by atoms with E-state index in [1.807, 2.05) is 24.3 Å². The van der Waals surface area contributed by atoms with Crippen LogP contribution in [-0.2, 0) is 19.3 Å². The Kier molecular flexibility index (Phi) is 7.33. The minimum absolute atomic E-state index is 0. The minimum Gasteiger partial charge on any atom is -0.203 e. The molecular weight excluding hydrogens is 336 g/mol. The van der Waals surface area contributed by atoms with Crippen molar-refractivity contribution in [2.24, 2.45) is 5.92 Å². The Labute approximate surface area is 146 Å². The van der Waals surface area contributed by atoms with Gasteiger partial charge < -0.3 is 0 Å². The lowest BCUT2D eigenvalue weighted by Gasteiger charge is -2.10. The Hall–Kier alpha value is -1.49. The van der Waals surface area contributed by atoms with Gasteiger partial charge in [0.2, 0.25) is 0 Å². The van der Waals surface area contributed by atoms with Gasteiger partial charge in [-0.05, 0) is 36.3 Å². The van der Waals surface area contributed by atoms with Crippen LogP contribution >= 0.6 is 12.6 Å². The molecule has 2 rings (SSSR count). The van der Waals surface area contributed by atoms with Crippen LogP contribution in [0, 0.1) is 29.2 Å². The van der Waals surface area contributed by atoms with Gasteiger partial charge >= 0.3 is 0 Å². The van der Waals surface area contributed by atoms with Gasteiger partial charge in [-0.2, -0.15) is 0 Å². The fraction of sp³-hybridized carbons (Fsp3) is 0.368. The molecule has 5 heteroatoms. The number of hydrogen-bond donors (Lipinski definition) is 1. The standard InChI is InChI=1S/C18H18F4S.CH4/c1-10(2)9-12-5-3-11(4-6-12)7-8-13-14(19)16(21)18(23)17(22)15(13)20;/h3-6,10,23H,7-9H2,1-2H3;1H4. The molecule has 0 fully saturated rings. The van der Waals surface area contributed by atoms with E-state index in [2.05, 4.69) is 26.5 Å². The van der Waals surface area contributed by atoms with E-state index < -0.39 is 33.7 Å². The van der Waals surface area contributed by atoms with Crippen LogP contribution in [0.2, 0.25) is 0 Å². The molecule has 0 unspecified atom stereocenters. The third kappa shape index (κ3) is 4.53. The molecule has 2 aromatic rings. The van der Waals surface area contributed by atoms with Gasteiger partial charge in [0.25, 0.3) is 0 Å². The Morgan fingerprint density at radius 2 is 1.25 bits per heavy atom. The van der Waals surface area contributed by atoms with Gasteiger partial charge in [-0.3, -0.25) is 0 Å². The SMILES string of the molecule is C.CC(C)Cc1ccc(CCc2c(F)c(F)c(S)c(F)c2F)cc1. The van der Waals surface area contributed by atoms with Gasteiger partial charge in [0, 0.05) is 5.56 Å². The summed E-state index contributed by atoms with van der Waals surface area (Å²) in [6.45, 7) is 4.24. The van der Waals surface area contributed by atoms with Crippen molar-refractivity contribution < 1.29 is 17.6 Å². The predicted octanol–water partition coefficient (Wildman–Crippen LogP) is 6.15. The summed E-state index contributed by atoms with van der Waals surface area (Å²) in [6.07, 6.45) is 1.12. The van der Waals surface area contributed by atoms with Gasteiger partial charge in [-0.15, -0.1) is 12.6 Å². The normalized spacial score (nSPS) is 10.8. The summed E-state index contributed by atoms with van der Waals surface area (Å²) in [5.41, 5.74) is 1.45. The fourth-order valence-electron chi connectivity index (χ4n) is 2.47. The van der Waals surface area contributed by atoms with Crippen molar-refractivity contribution in [3.8, 4) is 0 Å². The number of benzene rings is 2. The Morgan fingerprint density at radius 1 is 0.792 bits per heavy atom. The van der Waals surface area contributed by atoms with Crippen LogP contribution in [0.5, 0.6) is 0 Å². The molecule has 2 aromatic carbocycles. The fourth-order valence-corrected chi connectivity index (χ4v) is 2.66. The minimum atomic E-state index is -1.45. The lowest BCUT2D eigenvalue weighted by Crippen LogP contribution is -2.06. The molecular formula is C19H22F4S. The molecule has 0 amide bonds. The molecule has 0 bridgehead atoms. The van der Waals surface area contributed by atoms with Crippen molar-refractivity contribution >= 4 is 12.6 Å². The Balaban J connectivity index is 0.00000288. The maximum Gasteiger partial charge on any atom is 0.175 e. The van der Waals surface area contributed by atoms with Crippen LogP contribution in [0.25, 0.3) is 0 Å². The summed E-state index contributed by atoms with van der Waals surface area (Å²) in [4.78, 5) is -0.929. The maximum atomic E-state index is 13.8. The highest BCUT2D eigenvalue weighted by Gasteiger charge is 2.23. The van der Waals surface area contributed by atoms with Crippen molar-refractivity contribution in [2.75, 3.05) is 0 Å². The first-order valence-corrected chi connectivity index (χ1v) is 7.87. The first-order valence-electron chi connectivity index (χ1n) is 7.42. The van der Waals surface area contributed by atoms with Gasteiger partial charge in [-0.25, -0.2) is 17.6 Å². The highest BCUT2D eigenvalue weighted by atomic mass is 32.1. The lowest BCUT2D eigenvalue weighted by atomic mass is 9.99. The Bertz CT molecular complexity index is 664. The molecule has 24 heavy (non-hydrogen) atoms. The van der Waals surface area contributed by atoms with E-state index in [4.69, 9.17) is 0 Å². The molecule has 0 aromatic heterocycles. The molecule has 0 aliphatic rings. The predicted molar refractivity (Wildman–Crippen MR) is 92.6 cm³/mol. The van der Waals surface area contributed by atoms with Crippen LogP contribution in [0.15, 0.2) is 29.2 Å². The maximum absolute atomic E-state index is 13.8. The van der Waals surface area contributed by atoms with Crippen molar-refractivity contribution in [1.29, 1.82) is 0 Å². The third-order valence-corrected chi connectivity index (χ3v) is 4.05. The molecule has 0 saturated carbocycles. The molecule has 0 N–H and O–H groups in total. The summed E-state index contributed by atoms with van der Waals surface area (Å²) in [7, 11) is 0. The summed E-state index contributed by atoms with van der Waals surface area (Å²) in [5.74, 6) is -5.10. The molecule has 132 valence electrons. The van der Waals surface area contributed by atoms with Gasteiger partial charge in [0.15, 0.2) is 23.3 Å². The lowest BCUT2D eigenvalue weighted by molar-refractivity contribution is 0.413. The van der Waals surface area contributed by atoms with E-state index in [1.54, 1.807) is 0 Å². The van der Waals surface area contributed by atoms with Crippen molar-refractivity contribution in [3.63, 3.8) is 0 Å². The van der Waals surface area contributed by atoms with Crippen LogP contribution in [-0.4, -0.2) is 0 Å². The first kappa shape index (κ1) is 20.6. The third-order valence-electron chi connectivity index (χ3n) is 3.66. The topological polar surface area (TPSA) is 0 Å². The molecule has 0 radical (unpaired) electrons. The summed E-state index contributed by atoms with van der Waals surface area (Å²) < 4.78 is 54.5. The zero-order valence-corrected chi connectivity index (χ0v) is 13.9. The second kappa shape index (κ2) is 8.56. The second-order valence-corrected chi connectivity index (χ2v) is 6.44. The average Bonchev–Trinajstić information content (AvgIpc) is 2.52. The largest absolute Gasteiger partial charge is 0.203 e. The smallest absolute Gasteiger partial charge is 0.175 e. The van der Waals surface area contributed by atoms with Crippen LogP contribution in [0.1, 0.15) is 38.0 Å². The molecule has 0 heterocycles. The Morgan fingerprint density at radius 3 is 1.71 bits per heavy atom. The second-order valence-electron chi connectivity index (χ2n) is 6.00. The summed E-state index contributed by atoms with van der Waals surface area (Å²) >= 11 is 3.44.